The molecule has 0 saturated carbocycles. The number of amides is 2. The number of nitrogens with two attached hydrogens (primary N) is 1. The van der Waals surface area contributed by atoms with Crippen molar-refractivity contribution in [3.63, 3.8) is 0 Å². The van der Waals surface area contributed by atoms with Crippen molar-refractivity contribution in [2.45, 2.75) is 17.2 Å². The number of hydrogen-bond donors (Lipinski definition) is 1. The first kappa shape index (κ1) is 29.4. The van der Waals surface area contributed by atoms with Crippen molar-refractivity contribution in [3.8, 4) is 17.6 Å². The number of halogens is 2. The lowest BCUT2D eigenvalue weighted by Gasteiger charge is -2.19. The van der Waals surface area contributed by atoms with Crippen molar-refractivity contribution in [3.05, 3.63) is 81.3 Å². The van der Waals surface area contributed by atoms with Gasteiger partial charge in [-0.15, -0.1) is 0 Å². The Morgan fingerprint density at radius 2 is 1.90 bits per heavy atom. The summed E-state index contributed by atoms with van der Waals surface area (Å²) in [7, 11) is -0.285. The summed E-state index contributed by atoms with van der Waals surface area (Å²) in [5.41, 5.74) is 6.75. The summed E-state index contributed by atoms with van der Waals surface area (Å²) in [6.45, 7) is 0.538. The summed E-state index contributed by atoms with van der Waals surface area (Å²) in [5, 5.41) is 9.97. The van der Waals surface area contributed by atoms with Gasteiger partial charge in [-0.2, -0.15) is 5.26 Å². The van der Waals surface area contributed by atoms with Gasteiger partial charge in [0.2, 0.25) is 11.8 Å². The maximum absolute atomic E-state index is 13.0. The molecule has 208 valence electrons. The van der Waals surface area contributed by atoms with E-state index in [-0.39, 0.29) is 69.6 Å². The minimum absolute atomic E-state index is 0.158. The molecule has 1 saturated heterocycles. The first-order valence-electron chi connectivity index (χ1n) is 12.2. The van der Waals surface area contributed by atoms with Crippen LogP contribution < -0.4 is 15.4 Å². The summed E-state index contributed by atoms with van der Waals surface area (Å²) in [4.78, 5) is 28.3. The van der Waals surface area contributed by atoms with Gasteiger partial charge in [0.15, 0.2) is 15.6 Å². The van der Waals surface area contributed by atoms with Crippen molar-refractivity contribution >= 4 is 50.5 Å². The van der Waals surface area contributed by atoms with Gasteiger partial charge in [0.1, 0.15) is 11.8 Å². The molecule has 1 heterocycles. The SMILES string of the molecule is CN(C)CCS(=O)(=O)c1ccc(N2C[C@@H](c3ccc(Cl)c(Oc4c(Cl)cccc4C#N)c3)CC2=O)cc1C(N)=O. The number of nitriles is 1. The summed E-state index contributed by atoms with van der Waals surface area (Å²) in [6, 6.07) is 16.1. The van der Waals surface area contributed by atoms with Crippen LogP contribution in [0.3, 0.4) is 0 Å². The number of sulfone groups is 1. The molecule has 0 radical (unpaired) electrons. The smallest absolute Gasteiger partial charge is 0.250 e. The molecule has 0 spiro atoms. The van der Waals surface area contributed by atoms with Crippen LogP contribution >= 0.6 is 23.2 Å². The van der Waals surface area contributed by atoms with Gasteiger partial charge in [0, 0.05) is 31.1 Å². The molecule has 1 aliphatic heterocycles. The number of hydrogen-bond acceptors (Lipinski definition) is 7. The largest absolute Gasteiger partial charge is 0.453 e. The highest BCUT2D eigenvalue weighted by Crippen LogP contribution is 2.40. The second-order valence-corrected chi connectivity index (χ2v) is 12.5. The number of rotatable bonds is 9. The number of anilines is 1. The van der Waals surface area contributed by atoms with Crippen molar-refractivity contribution in [1.82, 2.24) is 4.90 Å². The van der Waals surface area contributed by atoms with Crippen LogP contribution in [0.15, 0.2) is 59.5 Å². The highest BCUT2D eigenvalue weighted by molar-refractivity contribution is 7.91. The van der Waals surface area contributed by atoms with Crippen molar-refractivity contribution < 1.29 is 22.7 Å². The van der Waals surface area contributed by atoms with E-state index in [4.69, 9.17) is 33.7 Å². The molecule has 9 nitrogen and oxygen atoms in total. The number of para-hydroxylation sites is 1. The Morgan fingerprint density at radius 1 is 1.15 bits per heavy atom. The quantitative estimate of drug-likeness (QED) is 0.379. The molecule has 12 heteroatoms. The summed E-state index contributed by atoms with van der Waals surface area (Å²) in [6.07, 6.45) is 0.158. The van der Waals surface area contributed by atoms with Crippen LogP contribution in [-0.2, 0) is 14.6 Å². The third kappa shape index (κ3) is 6.24. The van der Waals surface area contributed by atoms with Gasteiger partial charge in [-0.25, -0.2) is 8.42 Å². The van der Waals surface area contributed by atoms with Gasteiger partial charge in [0.05, 0.1) is 31.8 Å². The molecule has 3 aromatic carbocycles. The molecule has 40 heavy (non-hydrogen) atoms. The molecule has 1 fully saturated rings. The molecule has 1 aliphatic rings. The second-order valence-electron chi connectivity index (χ2n) is 9.59. The van der Waals surface area contributed by atoms with E-state index in [0.29, 0.717) is 10.7 Å². The highest BCUT2D eigenvalue weighted by Gasteiger charge is 2.33. The molecule has 1 atom stereocenters. The highest BCUT2D eigenvalue weighted by atomic mass is 35.5. The van der Waals surface area contributed by atoms with Gasteiger partial charge >= 0.3 is 0 Å². The topological polar surface area (TPSA) is 134 Å². The molecular weight excluding hydrogens is 575 g/mol. The van der Waals surface area contributed by atoms with Gasteiger partial charge in [-0.05, 0) is 62.1 Å². The van der Waals surface area contributed by atoms with Crippen molar-refractivity contribution in [1.29, 1.82) is 5.26 Å². The zero-order valence-corrected chi connectivity index (χ0v) is 24.1. The molecule has 4 rings (SSSR count). The summed E-state index contributed by atoms with van der Waals surface area (Å²) in [5.74, 6) is -1.10. The van der Waals surface area contributed by atoms with Crippen molar-refractivity contribution in [2.75, 3.05) is 37.8 Å². The van der Waals surface area contributed by atoms with Crippen LogP contribution in [0.5, 0.6) is 11.5 Å². The molecule has 0 bridgehead atoms. The van der Waals surface area contributed by atoms with E-state index in [2.05, 4.69) is 0 Å². The molecule has 0 aromatic heterocycles. The molecule has 2 amide bonds. The summed E-state index contributed by atoms with van der Waals surface area (Å²) >= 11 is 12.6. The van der Waals surface area contributed by atoms with Crippen LogP contribution in [0.25, 0.3) is 0 Å². The van der Waals surface area contributed by atoms with Gasteiger partial charge < -0.3 is 20.3 Å². The van der Waals surface area contributed by atoms with Crippen molar-refractivity contribution in [2.24, 2.45) is 5.73 Å². The normalized spacial score (nSPS) is 15.3. The fourth-order valence-corrected chi connectivity index (χ4v) is 6.37. The minimum Gasteiger partial charge on any atom is -0.453 e. The Hall–Kier alpha value is -3.62. The summed E-state index contributed by atoms with van der Waals surface area (Å²) < 4.78 is 31.7. The Balaban J connectivity index is 1.61. The lowest BCUT2D eigenvalue weighted by molar-refractivity contribution is -0.117. The molecule has 0 aliphatic carbocycles. The van der Waals surface area contributed by atoms with E-state index in [1.165, 1.54) is 23.1 Å². The number of benzene rings is 3. The Morgan fingerprint density at radius 3 is 2.58 bits per heavy atom. The average Bonchev–Trinajstić information content (AvgIpc) is 3.30. The van der Waals surface area contributed by atoms with Crippen LogP contribution in [0, 0.1) is 11.3 Å². The van der Waals surface area contributed by atoms with Crippen LogP contribution in [0.2, 0.25) is 10.0 Å². The third-order valence-electron chi connectivity index (χ3n) is 6.53. The molecule has 3 aromatic rings. The van der Waals surface area contributed by atoms with E-state index in [0.717, 1.165) is 5.56 Å². The number of carbonyl (C=O) groups excluding carboxylic acids is 2. The fraction of sp³-hybridized carbons (Fsp3) is 0.250. The van der Waals surface area contributed by atoms with E-state index >= 15 is 0 Å². The predicted octanol–water partition coefficient (Wildman–Crippen LogP) is 4.61. The zero-order chi connectivity index (χ0) is 29.2. The molecule has 0 unspecified atom stereocenters. The minimum atomic E-state index is -3.78. The Bertz CT molecular complexity index is 1640. The van der Waals surface area contributed by atoms with E-state index in [1.807, 2.05) is 6.07 Å². The van der Waals surface area contributed by atoms with Crippen LogP contribution in [-0.4, -0.2) is 58.1 Å². The van der Waals surface area contributed by atoms with E-state index in [9.17, 15) is 23.3 Å². The predicted molar refractivity (Wildman–Crippen MR) is 153 cm³/mol. The third-order valence-corrected chi connectivity index (χ3v) is 8.89. The number of primary amides is 1. The van der Waals surface area contributed by atoms with Crippen LogP contribution in [0.4, 0.5) is 5.69 Å². The molecule has 2 N–H and O–H groups in total. The number of ether oxygens (including phenoxy) is 1. The average molecular weight is 602 g/mol. The standard InChI is InChI=1S/C28H26Cl2N4O5S/c1-33(2)10-11-40(37,38)25-9-7-20(14-21(25)28(32)36)34-16-19(13-26(34)35)17-6-8-22(29)24(12-17)39-27-18(15-31)4-3-5-23(27)30/h3-9,12,14,19H,10-11,13,16H2,1-2H3,(H2,32,36)/t19-/m0/s1. The maximum Gasteiger partial charge on any atom is 0.250 e. The van der Waals surface area contributed by atoms with Crippen LogP contribution in [0.1, 0.15) is 33.8 Å². The first-order chi connectivity index (χ1) is 18.9. The van der Waals surface area contributed by atoms with Gasteiger partial charge in [-0.3, -0.25) is 9.59 Å². The van der Waals surface area contributed by atoms with E-state index in [1.54, 1.807) is 55.4 Å². The Kier molecular flexibility index (Phi) is 8.71. The lowest BCUT2D eigenvalue weighted by atomic mass is 9.98. The van der Waals surface area contributed by atoms with Gasteiger partial charge in [0.25, 0.3) is 0 Å². The maximum atomic E-state index is 13.0. The second kappa shape index (κ2) is 11.9. The number of nitrogens with zero attached hydrogens (tertiary/aromatic N) is 3. The van der Waals surface area contributed by atoms with E-state index < -0.39 is 15.7 Å². The monoisotopic (exact) mass is 600 g/mol. The molecular formula is C28H26Cl2N4O5S. The zero-order valence-electron chi connectivity index (χ0n) is 21.7. The fourth-order valence-electron chi connectivity index (χ4n) is 4.41. The number of carbonyl (C=O) groups is 2. The Labute approximate surface area is 242 Å². The van der Waals surface area contributed by atoms with Gasteiger partial charge in [-0.1, -0.05) is 35.3 Å². The first-order valence-corrected chi connectivity index (χ1v) is 14.6. The lowest BCUT2D eigenvalue weighted by Crippen LogP contribution is -2.27.